The van der Waals surface area contributed by atoms with Crippen LogP contribution in [0.5, 0.6) is 5.75 Å². The van der Waals surface area contributed by atoms with Crippen molar-refractivity contribution in [1.82, 2.24) is 10.3 Å². The topological polar surface area (TPSA) is 63.2 Å². The molecule has 0 bridgehead atoms. The molecule has 0 aliphatic carbocycles. The first-order chi connectivity index (χ1) is 9.28. The number of anilines is 1. The van der Waals surface area contributed by atoms with Gasteiger partial charge in [0, 0.05) is 18.0 Å². The molecule has 1 aromatic carbocycles. The molecule has 19 heavy (non-hydrogen) atoms. The molecule has 5 nitrogen and oxygen atoms in total. The van der Waals surface area contributed by atoms with Gasteiger partial charge in [0.2, 0.25) is 0 Å². The third kappa shape index (κ3) is 2.32. The number of hydrogen-bond acceptors (Lipinski definition) is 5. The van der Waals surface area contributed by atoms with Gasteiger partial charge in [-0.2, -0.15) is 0 Å². The predicted octanol–water partition coefficient (Wildman–Crippen LogP) is 2.01. The molecule has 1 aliphatic heterocycles. The Morgan fingerprint density at radius 3 is 3.05 bits per heavy atom. The zero-order valence-corrected chi connectivity index (χ0v) is 11.2. The minimum absolute atomic E-state index is 0.196. The Morgan fingerprint density at radius 1 is 1.42 bits per heavy atom. The van der Waals surface area contributed by atoms with Gasteiger partial charge in [0.15, 0.2) is 5.13 Å². The fourth-order valence-electron chi connectivity index (χ4n) is 2.00. The molecule has 0 fully saturated rings. The van der Waals surface area contributed by atoms with Crippen molar-refractivity contribution in [1.29, 1.82) is 0 Å². The molecule has 0 radical (unpaired) electrons. The summed E-state index contributed by atoms with van der Waals surface area (Å²) in [5.74, 6) is 0.364. The first-order valence-corrected chi connectivity index (χ1v) is 6.73. The molecular weight excluding hydrogens is 262 g/mol. The zero-order valence-electron chi connectivity index (χ0n) is 10.4. The van der Waals surface area contributed by atoms with Crippen molar-refractivity contribution in [3.8, 4) is 5.75 Å². The van der Waals surface area contributed by atoms with Crippen molar-refractivity contribution < 1.29 is 9.53 Å². The van der Waals surface area contributed by atoms with E-state index < -0.39 is 0 Å². The highest BCUT2D eigenvalue weighted by atomic mass is 32.1. The van der Waals surface area contributed by atoms with E-state index in [-0.39, 0.29) is 5.91 Å². The highest BCUT2D eigenvalue weighted by molar-refractivity contribution is 7.15. The monoisotopic (exact) mass is 275 g/mol. The molecule has 3 rings (SSSR count). The molecule has 1 amide bonds. The maximum absolute atomic E-state index is 12.2. The zero-order chi connectivity index (χ0) is 13.2. The molecular formula is C13H13N3O2S. The number of nitrogens with one attached hydrogen (secondary N) is 2. The fraction of sp³-hybridized carbons (Fsp3) is 0.231. The second kappa shape index (κ2) is 4.99. The minimum Gasteiger partial charge on any atom is -0.496 e. The summed E-state index contributed by atoms with van der Waals surface area (Å²) in [7, 11) is 1.55. The Labute approximate surface area is 114 Å². The van der Waals surface area contributed by atoms with Crippen molar-refractivity contribution in [2.24, 2.45) is 0 Å². The van der Waals surface area contributed by atoms with Crippen LogP contribution in [0.2, 0.25) is 0 Å². The number of hydrogen-bond donors (Lipinski definition) is 2. The molecule has 0 saturated carbocycles. The van der Waals surface area contributed by atoms with E-state index in [0.717, 1.165) is 18.8 Å². The van der Waals surface area contributed by atoms with Gasteiger partial charge in [0.1, 0.15) is 5.75 Å². The Bertz CT molecular complexity index is 603. The summed E-state index contributed by atoms with van der Waals surface area (Å²) in [5.41, 5.74) is 1.54. The second-order valence-electron chi connectivity index (χ2n) is 4.15. The smallest absolute Gasteiger partial charge is 0.261 e. The van der Waals surface area contributed by atoms with Crippen LogP contribution in [0.1, 0.15) is 20.9 Å². The lowest BCUT2D eigenvalue weighted by Gasteiger charge is -2.07. The molecule has 2 heterocycles. The van der Waals surface area contributed by atoms with E-state index in [2.05, 4.69) is 15.6 Å². The summed E-state index contributed by atoms with van der Waals surface area (Å²) in [6.45, 7) is 1.61. The van der Waals surface area contributed by atoms with Crippen LogP contribution in [0.3, 0.4) is 0 Å². The van der Waals surface area contributed by atoms with Crippen LogP contribution in [0, 0.1) is 0 Å². The van der Waals surface area contributed by atoms with E-state index in [1.165, 1.54) is 16.2 Å². The lowest BCUT2D eigenvalue weighted by atomic mass is 10.2. The molecule has 2 N–H and O–H groups in total. The second-order valence-corrected chi connectivity index (χ2v) is 5.23. The Morgan fingerprint density at radius 2 is 2.26 bits per heavy atom. The van der Waals surface area contributed by atoms with Crippen molar-refractivity contribution in [2.45, 2.75) is 13.1 Å². The molecule has 1 aromatic heterocycles. The summed E-state index contributed by atoms with van der Waals surface area (Å²) >= 11 is 1.51. The number of methoxy groups -OCH3 is 1. The van der Waals surface area contributed by atoms with Gasteiger partial charge in [-0.1, -0.05) is 12.1 Å². The number of nitrogens with zero attached hydrogens (tertiary/aromatic N) is 1. The molecule has 0 atom stereocenters. The van der Waals surface area contributed by atoms with Crippen molar-refractivity contribution in [3.63, 3.8) is 0 Å². The van der Waals surface area contributed by atoms with Crippen molar-refractivity contribution >= 4 is 22.4 Å². The van der Waals surface area contributed by atoms with Crippen LogP contribution < -0.4 is 15.4 Å². The van der Waals surface area contributed by atoms with Gasteiger partial charge >= 0.3 is 0 Å². The van der Waals surface area contributed by atoms with Gasteiger partial charge in [-0.25, -0.2) is 4.98 Å². The summed E-state index contributed by atoms with van der Waals surface area (Å²) in [6, 6.07) is 7.14. The van der Waals surface area contributed by atoms with Gasteiger partial charge in [-0.3, -0.25) is 10.1 Å². The first kappa shape index (κ1) is 12.1. The van der Waals surface area contributed by atoms with E-state index in [1.807, 2.05) is 12.1 Å². The van der Waals surface area contributed by atoms with Crippen molar-refractivity contribution in [2.75, 3.05) is 12.4 Å². The third-order valence-corrected chi connectivity index (χ3v) is 3.94. The Hall–Kier alpha value is -1.92. The van der Waals surface area contributed by atoms with Crippen LogP contribution in [0.25, 0.3) is 0 Å². The SMILES string of the molecule is COc1ccccc1C(=O)Nc1nc2c(s1)CNC2. The highest BCUT2D eigenvalue weighted by Gasteiger charge is 2.18. The molecule has 0 saturated heterocycles. The molecule has 0 unspecified atom stereocenters. The average Bonchev–Trinajstić information content (AvgIpc) is 2.99. The molecule has 2 aromatic rings. The Balaban J connectivity index is 1.80. The summed E-state index contributed by atoms with van der Waals surface area (Å²) in [6.07, 6.45) is 0. The molecule has 1 aliphatic rings. The summed E-state index contributed by atoms with van der Waals surface area (Å²) < 4.78 is 5.18. The number of benzene rings is 1. The molecule has 6 heteroatoms. The number of fused-ring (bicyclic) bond motifs is 1. The highest BCUT2D eigenvalue weighted by Crippen LogP contribution is 2.27. The number of amides is 1. The van der Waals surface area contributed by atoms with E-state index in [9.17, 15) is 4.79 Å². The van der Waals surface area contributed by atoms with Crippen LogP contribution >= 0.6 is 11.3 Å². The maximum atomic E-state index is 12.2. The number of ether oxygens (including phenoxy) is 1. The van der Waals surface area contributed by atoms with Gasteiger partial charge < -0.3 is 10.1 Å². The summed E-state index contributed by atoms with van der Waals surface area (Å²) in [5, 5.41) is 6.68. The number of carbonyl (C=O) groups excluding carboxylic acids is 1. The predicted molar refractivity (Wildman–Crippen MR) is 73.6 cm³/mol. The quantitative estimate of drug-likeness (QED) is 0.899. The summed E-state index contributed by atoms with van der Waals surface area (Å²) in [4.78, 5) is 17.8. The van der Waals surface area contributed by atoms with E-state index in [1.54, 1.807) is 19.2 Å². The van der Waals surface area contributed by atoms with E-state index in [0.29, 0.717) is 16.4 Å². The molecule has 98 valence electrons. The lowest BCUT2D eigenvalue weighted by Crippen LogP contribution is -2.13. The lowest BCUT2D eigenvalue weighted by molar-refractivity contribution is 0.102. The van der Waals surface area contributed by atoms with Gasteiger partial charge in [-0.15, -0.1) is 11.3 Å². The number of aromatic nitrogens is 1. The van der Waals surface area contributed by atoms with Crippen LogP contribution in [-0.2, 0) is 13.1 Å². The van der Waals surface area contributed by atoms with Crippen LogP contribution in [0.4, 0.5) is 5.13 Å². The third-order valence-electron chi connectivity index (χ3n) is 2.93. The molecule has 0 spiro atoms. The fourth-order valence-corrected chi connectivity index (χ4v) is 2.95. The number of rotatable bonds is 3. The van der Waals surface area contributed by atoms with Gasteiger partial charge in [0.05, 0.1) is 18.4 Å². The van der Waals surface area contributed by atoms with Gasteiger partial charge in [0.25, 0.3) is 5.91 Å². The standard InChI is InChI=1S/C13H13N3O2S/c1-18-10-5-3-2-4-8(10)12(17)16-13-15-9-6-14-7-11(9)19-13/h2-5,14H,6-7H2,1H3,(H,15,16,17). The van der Waals surface area contributed by atoms with Crippen molar-refractivity contribution in [3.05, 3.63) is 40.4 Å². The number of para-hydroxylation sites is 1. The Kier molecular flexibility index (Phi) is 3.18. The maximum Gasteiger partial charge on any atom is 0.261 e. The van der Waals surface area contributed by atoms with E-state index >= 15 is 0 Å². The van der Waals surface area contributed by atoms with Crippen LogP contribution in [0.15, 0.2) is 24.3 Å². The first-order valence-electron chi connectivity index (χ1n) is 5.91. The van der Waals surface area contributed by atoms with Crippen LogP contribution in [-0.4, -0.2) is 18.0 Å². The normalized spacial score (nSPS) is 13.1. The van der Waals surface area contributed by atoms with Gasteiger partial charge in [-0.05, 0) is 12.1 Å². The number of carbonyl (C=O) groups is 1. The largest absolute Gasteiger partial charge is 0.496 e. The van der Waals surface area contributed by atoms with E-state index in [4.69, 9.17) is 4.74 Å². The average molecular weight is 275 g/mol. The number of thiazole rings is 1. The minimum atomic E-state index is -0.196.